The Morgan fingerprint density at radius 1 is 1.17 bits per heavy atom. The maximum absolute atomic E-state index is 9.12. The Morgan fingerprint density at radius 2 is 1.83 bits per heavy atom. The Hall–Kier alpha value is -0.900. The zero-order valence-electron chi connectivity index (χ0n) is 11.7. The molecule has 0 radical (unpaired) electrons. The molecule has 0 saturated heterocycles. The standard InChI is InChI=1S/C15H25NO2/c1-15(2,14-7-5-4-6-8-14)13-16(9-11-17)10-12-18-3/h4-8,17H,9-13H2,1-3H3. The molecule has 1 aromatic rings. The number of aliphatic hydroxyl groups excluding tert-OH is 1. The van der Waals surface area contributed by atoms with Crippen LogP contribution in [0.15, 0.2) is 30.3 Å². The van der Waals surface area contributed by atoms with E-state index < -0.39 is 0 Å². The van der Waals surface area contributed by atoms with Crippen LogP contribution < -0.4 is 0 Å². The van der Waals surface area contributed by atoms with Crippen molar-refractivity contribution >= 4 is 0 Å². The SMILES string of the molecule is COCCN(CCO)CC(C)(C)c1ccccc1. The van der Waals surface area contributed by atoms with E-state index in [1.54, 1.807) is 7.11 Å². The molecule has 0 amide bonds. The van der Waals surface area contributed by atoms with E-state index in [9.17, 15) is 0 Å². The minimum atomic E-state index is 0.0736. The summed E-state index contributed by atoms with van der Waals surface area (Å²) in [7, 11) is 1.71. The molecule has 0 saturated carbocycles. The van der Waals surface area contributed by atoms with Gasteiger partial charge < -0.3 is 9.84 Å². The Kier molecular flexibility index (Phi) is 6.33. The van der Waals surface area contributed by atoms with Gasteiger partial charge in [0, 0.05) is 32.2 Å². The molecule has 0 spiro atoms. The maximum Gasteiger partial charge on any atom is 0.0589 e. The van der Waals surface area contributed by atoms with Crippen molar-refractivity contribution < 1.29 is 9.84 Å². The fourth-order valence-electron chi connectivity index (χ4n) is 2.17. The molecule has 0 heterocycles. The van der Waals surface area contributed by atoms with Gasteiger partial charge in [0.1, 0.15) is 0 Å². The van der Waals surface area contributed by atoms with Crippen molar-refractivity contribution in [3.63, 3.8) is 0 Å². The van der Waals surface area contributed by atoms with E-state index in [-0.39, 0.29) is 12.0 Å². The number of aliphatic hydroxyl groups is 1. The summed E-state index contributed by atoms with van der Waals surface area (Å²) in [6.45, 7) is 7.83. The summed E-state index contributed by atoms with van der Waals surface area (Å²) >= 11 is 0. The van der Waals surface area contributed by atoms with Gasteiger partial charge in [-0.25, -0.2) is 0 Å². The predicted octanol–water partition coefficient (Wildman–Crippen LogP) is 1.90. The van der Waals surface area contributed by atoms with Gasteiger partial charge in [-0.15, -0.1) is 0 Å². The van der Waals surface area contributed by atoms with Crippen LogP contribution in [0.25, 0.3) is 0 Å². The molecule has 18 heavy (non-hydrogen) atoms. The van der Waals surface area contributed by atoms with Crippen LogP contribution in [0.4, 0.5) is 0 Å². The van der Waals surface area contributed by atoms with Crippen LogP contribution in [-0.2, 0) is 10.2 Å². The van der Waals surface area contributed by atoms with Gasteiger partial charge in [-0.1, -0.05) is 44.2 Å². The summed E-state index contributed by atoms with van der Waals surface area (Å²) in [5.41, 5.74) is 1.40. The molecule has 0 aliphatic rings. The summed E-state index contributed by atoms with van der Waals surface area (Å²) < 4.78 is 5.12. The van der Waals surface area contributed by atoms with Crippen molar-refractivity contribution in [2.24, 2.45) is 0 Å². The Balaban J connectivity index is 2.66. The van der Waals surface area contributed by atoms with E-state index in [0.29, 0.717) is 13.2 Å². The molecule has 0 aliphatic heterocycles. The number of ether oxygens (including phenoxy) is 1. The van der Waals surface area contributed by atoms with Crippen LogP contribution in [0.1, 0.15) is 19.4 Å². The lowest BCUT2D eigenvalue weighted by molar-refractivity contribution is 0.117. The van der Waals surface area contributed by atoms with Gasteiger partial charge in [0.2, 0.25) is 0 Å². The van der Waals surface area contributed by atoms with Gasteiger partial charge in [-0.2, -0.15) is 0 Å². The molecular formula is C15H25NO2. The topological polar surface area (TPSA) is 32.7 Å². The average Bonchev–Trinajstić information content (AvgIpc) is 2.37. The average molecular weight is 251 g/mol. The highest BCUT2D eigenvalue weighted by Gasteiger charge is 2.23. The fourth-order valence-corrected chi connectivity index (χ4v) is 2.17. The third kappa shape index (κ3) is 4.77. The molecule has 0 bridgehead atoms. The summed E-state index contributed by atoms with van der Waals surface area (Å²) in [5.74, 6) is 0. The highest BCUT2D eigenvalue weighted by molar-refractivity contribution is 5.23. The Morgan fingerprint density at radius 3 is 2.39 bits per heavy atom. The zero-order chi connectivity index (χ0) is 13.4. The maximum atomic E-state index is 9.12. The van der Waals surface area contributed by atoms with Gasteiger partial charge in [0.15, 0.2) is 0 Å². The molecule has 0 unspecified atom stereocenters. The molecule has 0 fully saturated rings. The second-order valence-corrected chi connectivity index (χ2v) is 5.24. The van der Waals surface area contributed by atoms with Crippen LogP contribution in [0.2, 0.25) is 0 Å². The highest BCUT2D eigenvalue weighted by atomic mass is 16.5. The second-order valence-electron chi connectivity index (χ2n) is 5.24. The molecule has 1 N–H and O–H groups in total. The number of hydrogen-bond donors (Lipinski definition) is 1. The van der Waals surface area contributed by atoms with Crippen molar-refractivity contribution in [3.8, 4) is 0 Å². The first-order chi connectivity index (χ1) is 8.60. The van der Waals surface area contributed by atoms with E-state index in [4.69, 9.17) is 9.84 Å². The first-order valence-electron chi connectivity index (χ1n) is 6.48. The van der Waals surface area contributed by atoms with E-state index in [1.165, 1.54) is 5.56 Å². The van der Waals surface area contributed by atoms with E-state index >= 15 is 0 Å². The normalized spacial score (nSPS) is 12.1. The summed E-state index contributed by atoms with van der Waals surface area (Å²) in [6, 6.07) is 10.5. The molecular weight excluding hydrogens is 226 g/mol. The van der Waals surface area contributed by atoms with Gasteiger partial charge in [-0.05, 0) is 5.56 Å². The van der Waals surface area contributed by atoms with Gasteiger partial charge in [-0.3, -0.25) is 4.90 Å². The first-order valence-corrected chi connectivity index (χ1v) is 6.48. The largest absolute Gasteiger partial charge is 0.395 e. The van der Waals surface area contributed by atoms with Crippen molar-refractivity contribution in [1.82, 2.24) is 4.90 Å². The molecule has 3 heteroatoms. The van der Waals surface area contributed by atoms with E-state index in [2.05, 4.69) is 43.0 Å². The summed E-state index contributed by atoms with van der Waals surface area (Å²) in [4.78, 5) is 2.25. The minimum Gasteiger partial charge on any atom is -0.395 e. The van der Waals surface area contributed by atoms with Gasteiger partial charge in [0.05, 0.1) is 13.2 Å². The number of nitrogens with zero attached hydrogens (tertiary/aromatic N) is 1. The number of methoxy groups -OCH3 is 1. The predicted molar refractivity (Wildman–Crippen MR) is 74.9 cm³/mol. The molecule has 1 rings (SSSR count). The zero-order valence-corrected chi connectivity index (χ0v) is 11.7. The lowest BCUT2D eigenvalue weighted by Gasteiger charge is -2.32. The lowest BCUT2D eigenvalue weighted by Crippen LogP contribution is -2.40. The van der Waals surface area contributed by atoms with Crippen LogP contribution in [0, 0.1) is 0 Å². The van der Waals surface area contributed by atoms with Crippen LogP contribution in [-0.4, -0.2) is 50.0 Å². The molecule has 0 aromatic heterocycles. The summed E-state index contributed by atoms with van der Waals surface area (Å²) in [5, 5.41) is 9.12. The quantitative estimate of drug-likeness (QED) is 0.766. The van der Waals surface area contributed by atoms with E-state index in [0.717, 1.165) is 13.1 Å². The fraction of sp³-hybridized carbons (Fsp3) is 0.600. The highest BCUT2D eigenvalue weighted by Crippen LogP contribution is 2.23. The number of hydrogen-bond acceptors (Lipinski definition) is 3. The van der Waals surface area contributed by atoms with Crippen LogP contribution >= 0.6 is 0 Å². The number of rotatable bonds is 8. The molecule has 1 aromatic carbocycles. The lowest BCUT2D eigenvalue weighted by atomic mass is 9.84. The smallest absolute Gasteiger partial charge is 0.0589 e. The second kappa shape index (κ2) is 7.52. The van der Waals surface area contributed by atoms with Crippen molar-refractivity contribution in [2.75, 3.05) is 40.0 Å². The first kappa shape index (κ1) is 15.2. The van der Waals surface area contributed by atoms with Crippen LogP contribution in [0.5, 0.6) is 0 Å². The monoisotopic (exact) mass is 251 g/mol. The van der Waals surface area contributed by atoms with Crippen molar-refractivity contribution in [3.05, 3.63) is 35.9 Å². The van der Waals surface area contributed by atoms with Crippen LogP contribution in [0.3, 0.4) is 0 Å². The third-order valence-corrected chi connectivity index (χ3v) is 3.20. The van der Waals surface area contributed by atoms with E-state index in [1.807, 2.05) is 6.07 Å². The molecule has 3 nitrogen and oxygen atoms in total. The molecule has 0 atom stereocenters. The van der Waals surface area contributed by atoms with Gasteiger partial charge >= 0.3 is 0 Å². The molecule has 0 aliphatic carbocycles. The summed E-state index contributed by atoms with van der Waals surface area (Å²) in [6.07, 6.45) is 0. The Labute approximate surface area is 110 Å². The third-order valence-electron chi connectivity index (χ3n) is 3.20. The van der Waals surface area contributed by atoms with Crippen molar-refractivity contribution in [2.45, 2.75) is 19.3 Å². The van der Waals surface area contributed by atoms with Gasteiger partial charge in [0.25, 0.3) is 0 Å². The minimum absolute atomic E-state index is 0.0736. The molecule has 102 valence electrons. The Bertz CT molecular complexity index is 325. The van der Waals surface area contributed by atoms with Crippen molar-refractivity contribution in [1.29, 1.82) is 0 Å². The number of benzene rings is 1.